The first-order valence-electron chi connectivity index (χ1n) is 7.50. The number of hydrogen-bond acceptors (Lipinski definition) is 4. The van der Waals surface area contributed by atoms with E-state index >= 15 is 0 Å². The van der Waals surface area contributed by atoms with Gasteiger partial charge in [-0.15, -0.1) is 0 Å². The van der Waals surface area contributed by atoms with Crippen molar-refractivity contribution in [1.82, 2.24) is 9.80 Å². The summed E-state index contributed by atoms with van der Waals surface area (Å²) in [4.78, 5) is 27.8. The average Bonchev–Trinajstić information content (AvgIpc) is 3.24. The molecule has 0 aromatic heterocycles. The minimum atomic E-state index is -0.841. The van der Waals surface area contributed by atoms with Gasteiger partial charge in [-0.25, -0.2) is 0 Å². The average molecular weight is 282 g/mol. The molecule has 2 N–H and O–H groups in total. The number of β-amino-alcohol motifs (C(OH)–C–C–N with tert-alkyl or cyclic N) is 2. The van der Waals surface area contributed by atoms with Crippen molar-refractivity contribution in [2.45, 2.75) is 37.9 Å². The van der Waals surface area contributed by atoms with Crippen LogP contribution in [0, 0.1) is 11.8 Å². The molecule has 3 fully saturated rings. The fourth-order valence-electron chi connectivity index (χ4n) is 3.17. The molecule has 1 aliphatic carbocycles. The molecule has 2 saturated heterocycles. The number of likely N-dealkylation sites (tertiary alicyclic amines) is 2. The van der Waals surface area contributed by atoms with Gasteiger partial charge in [-0.1, -0.05) is 0 Å². The summed E-state index contributed by atoms with van der Waals surface area (Å²) >= 11 is 0. The van der Waals surface area contributed by atoms with Crippen LogP contribution < -0.4 is 0 Å². The van der Waals surface area contributed by atoms with Crippen molar-refractivity contribution in [3.8, 4) is 0 Å². The minimum Gasteiger partial charge on any atom is -0.388 e. The van der Waals surface area contributed by atoms with Crippen molar-refractivity contribution in [2.75, 3.05) is 26.2 Å². The molecular weight excluding hydrogens is 260 g/mol. The summed E-state index contributed by atoms with van der Waals surface area (Å²) in [6, 6.07) is 0. The maximum Gasteiger partial charge on any atom is 0.227 e. The monoisotopic (exact) mass is 282 g/mol. The molecule has 2 aliphatic heterocycles. The number of aliphatic hydroxyl groups is 2. The molecule has 1 saturated carbocycles. The van der Waals surface area contributed by atoms with Crippen molar-refractivity contribution >= 4 is 11.8 Å². The van der Waals surface area contributed by atoms with E-state index in [1.54, 1.807) is 0 Å². The van der Waals surface area contributed by atoms with Crippen LogP contribution in [0.15, 0.2) is 0 Å². The first-order chi connectivity index (χ1) is 9.56. The van der Waals surface area contributed by atoms with Gasteiger partial charge in [0.15, 0.2) is 0 Å². The van der Waals surface area contributed by atoms with Crippen molar-refractivity contribution in [1.29, 1.82) is 0 Å². The molecule has 2 heterocycles. The Morgan fingerprint density at radius 3 is 2.00 bits per heavy atom. The molecule has 3 atom stereocenters. The number of amides is 2. The molecule has 3 rings (SSSR count). The maximum absolute atomic E-state index is 12.4. The summed E-state index contributed by atoms with van der Waals surface area (Å²) in [6.07, 6.45) is 1.93. The molecule has 0 aromatic carbocycles. The summed E-state index contributed by atoms with van der Waals surface area (Å²) in [5, 5.41) is 19.1. The minimum absolute atomic E-state index is 0.0334. The zero-order valence-corrected chi connectivity index (χ0v) is 11.6. The lowest BCUT2D eigenvalue weighted by Gasteiger charge is -2.34. The highest BCUT2D eigenvalue weighted by Crippen LogP contribution is 2.33. The fourth-order valence-corrected chi connectivity index (χ4v) is 3.17. The van der Waals surface area contributed by atoms with Gasteiger partial charge in [-0.3, -0.25) is 9.59 Å². The predicted octanol–water partition coefficient (Wildman–Crippen LogP) is -0.801. The summed E-state index contributed by atoms with van der Waals surface area (Å²) in [7, 11) is 0. The van der Waals surface area contributed by atoms with E-state index in [0.717, 1.165) is 32.2 Å². The van der Waals surface area contributed by atoms with Crippen molar-refractivity contribution in [3.05, 3.63) is 0 Å². The van der Waals surface area contributed by atoms with E-state index in [0.29, 0.717) is 6.54 Å². The Kier molecular flexibility index (Phi) is 3.69. The van der Waals surface area contributed by atoms with Crippen LogP contribution in [0.5, 0.6) is 0 Å². The normalized spacial score (nSPS) is 34.4. The van der Waals surface area contributed by atoms with Crippen molar-refractivity contribution in [2.24, 2.45) is 11.8 Å². The smallest absolute Gasteiger partial charge is 0.227 e. The molecule has 2 amide bonds. The molecule has 112 valence electrons. The van der Waals surface area contributed by atoms with Crippen LogP contribution in [0.3, 0.4) is 0 Å². The van der Waals surface area contributed by atoms with Crippen LogP contribution in [0.4, 0.5) is 0 Å². The van der Waals surface area contributed by atoms with Crippen LogP contribution in [0.1, 0.15) is 25.7 Å². The van der Waals surface area contributed by atoms with Gasteiger partial charge in [0.05, 0.1) is 18.1 Å². The first kappa shape index (κ1) is 13.8. The number of carbonyl (C=O) groups excluding carboxylic acids is 2. The Morgan fingerprint density at radius 1 is 0.800 bits per heavy atom. The second-order valence-electron chi connectivity index (χ2n) is 6.28. The zero-order chi connectivity index (χ0) is 14.3. The Morgan fingerprint density at radius 2 is 1.40 bits per heavy atom. The number of aliphatic hydroxyl groups excluding tert-OH is 2. The predicted molar refractivity (Wildman–Crippen MR) is 70.6 cm³/mol. The Bertz CT molecular complexity index is 400. The number of carbonyl (C=O) groups is 2. The van der Waals surface area contributed by atoms with Crippen LogP contribution >= 0.6 is 0 Å². The third kappa shape index (κ3) is 2.67. The van der Waals surface area contributed by atoms with E-state index in [1.807, 2.05) is 4.90 Å². The van der Waals surface area contributed by atoms with E-state index in [9.17, 15) is 19.8 Å². The lowest BCUT2D eigenvalue weighted by molar-refractivity contribution is -0.141. The highest BCUT2D eigenvalue weighted by atomic mass is 16.3. The lowest BCUT2D eigenvalue weighted by atomic mass is 9.96. The largest absolute Gasteiger partial charge is 0.388 e. The summed E-state index contributed by atoms with van der Waals surface area (Å²) in [5.41, 5.74) is 0. The van der Waals surface area contributed by atoms with Crippen molar-refractivity contribution in [3.63, 3.8) is 0 Å². The Hall–Kier alpha value is -1.14. The summed E-state index contributed by atoms with van der Waals surface area (Å²) < 4.78 is 0. The number of piperidine rings is 1. The zero-order valence-electron chi connectivity index (χ0n) is 11.6. The standard InChI is InChI=1S/C14H22N2O4/c17-11-7-16(8-12(11)18)14(20)10-2-1-5-15(6-10)13(19)9-3-4-9/h9-12,17-18H,1-8H2. The van der Waals surface area contributed by atoms with Gasteiger partial charge in [0.1, 0.15) is 0 Å². The molecule has 6 heteroatoms. The SMILES string of the molecule is O=C(C1CC1)N1CCCC(C(=O)N2CC(O)C(O)C2)C1. The maximum atomic E-state index is 12.4. The molecule has 3 aliphatic rings. The molecular formula is C14H22N2O4. The topological polar surface area (TPSA) is 81.1 Å². The van der Waals surface area contributed by atoms with E-state index in [-0.39, 0.29) is 36.7 Å². The highest BCUT2D eigenvalue weighted by Gasteiger charge is 2.40. The van der Waals surface area contributed by atoms with Gasteiger partial charge < -0.3 is 20.0 Å². The Labute approximate surface area is 118 Å². The van der Waals surface area contributed by atoms with E-state index < -0.39 is 12.2 Å². The van der Waals surface area contributed by atoms with Gasteiger partial charge >= 0.3 is 0 Å². The lowest BCUT2D eigenvalue weighted by Crippen LogP contribution is -2.47. The molecule has 0 radical (unpaired) electrons. The first-order valence-corrected chi connectivity index (χ1v) is 7.50. The van der Waals surface area contributed by atoms with E-state index in [4.69, 9.17) is 0 Å². The number of nitrogens with zero attached hydrogens (tertiary/aromatic N) is 2. The van der Waals surface area contributed by atoms with Crippen molar-refractivity contribution < 1.29 is 19.8 Å². The third-order valence-electron chi connectivity index (χ3n) is 4.58. The van der Waals surface area contributed by atoms with Gasteiger partial charge in [-0.05, 0) is 25.7 Å². The van der Waals surface area contributed by atoms with E-state index in [1.165, 1.54) is 4.90 Å². The van der Waals surface area contributed by atoms with Crippen LogP contribution in [-0.2, 0) is 9.59 Å². The highest BCUT2D eigenvalue weighted by molar-refractivity contribution is 5.83. The van der Waals surface area contributed by atoms with Gasteiger partial charge in [0.2, 0.25) is 11.8 Å². The van der Waals surface area contributed by atoms with Crippen LogP contribution in [0.25, 0.3) is 0 Å². The molecule has 20 heavy (non-hydrogen) atoms. The molecule has 6 nitrogen and oxygen atoms in total. The quantitative estimate of drug-likeness (QED) is 0.695. The van der Waals surface area contributed by atoms with Crippen LogP contribution in [0.2, 0.25) is 0 Å². The molecule has 0 aromatic rings. The van der Waals surface area contributed by atoms with E-state index in [2.05, 4.69) is 0 Å². The third-order valence-corrected chi connectivity index (χ3v) is 4.58. The second-order valence-corrected chi connectivity index (χ2v) is 6.28. The fraction of sp³-hybridized carbons (Fsp3) is 0.857. The van der Waals surface area contributed by atoms with Gasteiger partial charge in [-0.2, -0.15) is 0 Å². The second kappa shape index (κ2) is 5.33. The van der Waals surface area contributed by atoms with Gasteiger partial charge in [0, 0.05) is 32.1 Å². The number of hydrogen-bond donors (Lipinski definition) is 2. The van der Waals surface area contributed by atoms with Crippen LogP contribution in [-0.4, -0.2) is 70.2 Å². The van der Waals surface area contributed by atoms with Gasteiger partial charge in [0.25, 0.3) is 0 Å². The molecule has 0 bridgehead atoms. The molecule has 0 spiro atoms. The number of rotatable bonds is 2. The summed E-state index contributed by atoms with van der Waals surface area (Å²) in [6.45, 7) is 1.65. The summed E-state index contributed by atoms with van der Waals surface area (Å²) in [5.74, 6) is 0.182. The molecule has 3 unspecified atom stereocenters. The Balaban J connectivity index is 1.59.